The highest BCUT2D eigenvalue weighted by molar-refractivity contribution is 5.82. The predicted octanol–water partition coefficient (Wildman–Crippen LogP) is 2.12. The standard InChI is InChI=1S/C14H14N2O3/c1-11-3-2-4-13(7-11)19-10-14(17)16-15-8-12-5-6-18-9-12/h2-9H,10H2,1H3,(H,16,17). The second kappa shape index (κ2) is 6.39. The van der Waals surface area contributed by atoms with E-state index in [9.17, 15) is 4.79 Å². The van der Waals surface area contributed by atoms with E-state index in [4.69, 9.17) is 9.15 Å². The lowest BCUT2D eigenvalue weighted by Crippen LogP contribution is -2.24. The number of carbonyl (C=O) groups excluding carboxylic acids is 1. The lowest BCUT2D eigenvalue weighted by Gasteiger charge is -2.05. The maximum atomic E-state index is 11.5. The number of rotatable bonds is 5. The Morgan fingerprint density at radius 3 is 3.11 bits per heavy atom. The molecule has 1 aromatic carbocycles. The highest BCUT2D eigenvalue weighted by Crippen LogP contribution is 2.11. The summed E-state index contributed by atoms with van der Waals surface area (Å²) in [6.45, 7) is 1.88. The van der Waals surface area contributed by atoms with Crippen LogP contribution in [0.5, 0.6) is 5.75 Å². The van der Waals surface area contributed by atoms with Gasteiger partial charge in [0.2, 0.25) is 0 Å². The lowest BCUT2D eigenvalue weighted by atomic mass is 10.2. The van der Waals surface area contributed by atoms with Crippen molar-refractivity contribution in [1.82, 2.24) is 5.43 Å². The molecule has 2 rings (SSSR count). The molecule has 1 aromatic heterocycles. The Balaban J connectivity index is 1.76. The van der Waals surface area contributed by atoms with Gasteiger partial charge in [0.05, 0.1) is 18.7 Å². The van der Waals surface area contributed by atoms with E-state index in [-0.39, 0.29) is 12.5 Å². The fraction of sp³-hybridized carbons (Fsp3) is 0.143. The van der Waals surface area contributed by atoms with E-state index < -0.39 is 0 Å². The summed E-state index contributed by atoms with van der Waals surface area (Å²) in [7, 11) is 0. The van der Waals surface area contributed by atoms with Crippen LogP contribution in [0.2, 0.25) is 0 Å². The summed E-state index contributed by atoms with van der Waals surface area (Å²) in [5, 5.41) is 3.78. The number of amides is 1. The zero-order valence-electron chi connectivity index (χ0n) is 10.5. The molecule has 5 nitrogen and oxygen atoms in total. The van der Waals surface area contributed by atoms with Crippen molar-refractivity contribution < 1.29 is 13.9 Å². The van der Waals surface area contributed by atoms with Crippen LogP contribution < -0.4 is 10.2 Å². The number of ether oxygens (including phenoxy) is 1. The van der Waals surface area contributed by atoms with Gasteiger partial charge in [0, 0.05) is 5.56 Å². The van der Waals surface area contributed by atoms with E-state index >= 15 is 0 Å². The van der Waals surface area contributed by atoms with E-state index in [1.54, 1.807) is 12.1 Å². The topological polar surface area (TPSA) is 63.8 Å². The van der Waals surface area contributed by atoms with Gasteiger partial charge in [-0.3, -0.25) is 4.79 Å². The average molecular weight is 258 g/mol. The molecule has 0 spiro atoms. The fourth-order valence-corrected chi connectivity index (χ4v) is 1.41. The van der Waals surface area contributed by atoms with Gasteiger partial charge in [-0.2, -0.15) is 5.10 Å². The molecule has 0 unspecified atom stereocenters. The van der Waals surface area contributed by atoms with Crippen LogP contribution in [0.3, 0.4) is 0 Å². The van der Waals surface area contributed by atoms with E-state index in [0.717, 1.165) is 11.1 Å². The van der Waals surface area contributed by atoms with Gasteiger partial charge < -0.3 is 9.15 Å². The number of benzene rings is 1. The van der Waals surface area contributed by atoms with Crippen LogP contribution in [0.25, 0.3) is 0 Å². The average Bonchev–Trinajstić information content (AvgIpc) is 2.90. The molecule has 19 heavy (non-hydrogen) atoms. The zero-order valence-corrected chi connectivity index (χ0v) is 10.5. The number of carbonyl (C=O) groups is 1. The molecule has 5 heteroatoms. The van der Waals surface area contributed by atoms with Crippen molar-refractivity contribution in [3.05, 3.63) is 54.0 Å². The molecular weight excluding hydrogens is 244 g/mol. The molecule has 2 aromatic rings. The van der Waals surface area contributed by atoms with Gasteiger partial charge in [0.1, 0.15) is 5.75 Å². The molecule has 1 N–H and O–H groups in total. The van der Waals surface area contributed by atoms with Crippen LogP contribution in [-0.4, -0.2) is 18.7 Å². The number of hydrazone groups is 1. The summed E-state index contributed by atoms with van der Waals surface area (Å²) in [4.78, 5) is 11.5. The summed E-state index contributed by atoms with van der Waals surface area (Å²) in [6, 6.07) is 9.23. The SMILES string of the molecule is Cc1cccc(OCC(=O)NN=Cc2ccoc2)c1. The monoisotopic (exact) mass is 258 g/mol. The van der Waals surface area contributed by atoms with Gasteiger partial charge in [-0.05, 0) is 30.7 Å². The highest BCUT2D eigenvalue weighted by atomic mass is 16.5. The van der Waals surface area contributed by atoms with Crippen molar-refractivity contribution in [3.63, 3.8) is 0 Å². The molecule has 0 radical (unpaired) electrons. The molecule has 0 aliphatic rings. The largest absolute Gasteiger partial charge is 0.484 e. The molecule has 0 aliphatic heterocycles. The third-order valence-corrected chi connectivity index (χ3v) is 2.31. The number of hydrogen-bond donors (Lipinski definition) is 1. The Morgan fingerprint density at radius 1 is 1.47 bits per heavy atom. The summed E-state index contributed by atoms with van der Waals surface area (Å²) in [5.74, 6) is 0.343. The number of hydrogen-bond acceptors (Lipinski definition) is 4. The first-order valence-electron chi connectivity index (χ1n) is 5.77. The molecule has 1 heterocycles. The summed E-state index contributed by atoms with van der Waals surface area (Å²) >= 11 is 0. The van der Waals surface area contributed by atoms with Crippen LogP contribution in [0.4, 0.5) is 0 Å². The van der Waals surface area contributed by atoms with Crippen molar-refractivity contribution in [3.8, 4) is 5.75 Å². The Labute approximate surface area is 110 Å². The number of nitrogens with one attached hydrogen (secondary N) is 1. The van der Waals surface area contributed by atoms with Crippen LogP contribution in [0, 0.1) is 6.92 Å². The molecule has 0 fully saturated rings. The summed E-state index contributed by atoms with van der Waals surface area (Å²) in [5.41, 5.74) is 4.23. The first-order valence-corrected chi connectivity index (χ1v) is 5.77. The maximum absolute atomic E-state index is 11.5. The Bertz CT molecular complexity index is 562. The Hall–Kier alpha value is -2.56. The lowest BCUT2D eigenvalue weighted by molar-refractivity contribution is -0.123. The van der Waals surface area contributed by atoms with E-state index in [1.165, 1.54) is 18.7 Å². The molecule has 1 amide bonds. The minimum absolute atomic E-state index is 0.0772. The normalized spacial score (nSPS) is 10.6. The smallest absolute Gasteiger partial charge is 0.277 e. The zero-order chi connectivity index (χ0) is 13.5. The van der Waals surface area contributed by atoms with Crippen LogP contribution in [-0.2, 0) is 4.79 Å². The molecule has 0 atom stereocenters. The van der Waals surface area contributed by atoms with Crippen molar-refractivity contribution in [2.45, 2.75) is 6.92 Å². The number of furan rings is 1. The van der Waals surface area contributed by atoms with Crippen molar-refractivity contribution in [2.75, 3.05) is 6.61 Å². The Kier molecular flexibility index (Phi) is 4.34. The molecule has 0 saturated carbocycles. The van der Waals surface area contributed by atoms with E-state index in [1.807, 2.05) is 25.1 Å². The minimum atomic E-state index is -0.318. The molecule has 0 aliphatic carbocycles. The van der Waals surface area contributed by atoms with Crippen LogP contribution >= 0.6 is 0 Å². The minimum Gasteiger partial charge on any atom is -0.484 e. The van der Waals surface area contributed by atoms with Gasteiger partial charge >= 0.3 is 0 Å². The maximum Gasteiger partial charge on any atom is 0.277 e. The molecule has 0 saturated heterocycles. The second-order valence-electron chi connectivity index (χ2n) is 3.96. The van der Waals surface area contributed by atoms with Crippen LogP contribution in [0.15, 0.2) is 52.4 Å². The Morgan fingerprint density at radius 2 is 2.37 bits per heavy atom. The molecule has 0 bridgehead atoms. The van der Waals surface area contributed by atoms with Crippen molar-refractivity contribution in [2.24, 2.45) is 5.10 Å². The van der Waals surface area contributed by atoms with E-state index in [2.05, 4.69) is 10.5 Å². The summed E-state index contributed by atoms with van der Waals surface area (Å²) < 4.78 is 10.2. The van der Waals surface area contributed by atoms with Gasteiger partial charge in [0.15, 0.2) is 6.61 Å². The summed E-state index contributed by atoms with van der Waals surface area (Å²) in [6.07, 6.45) is 4.55. The molecular formula is C14H14N2O3. The first kappa shape index (κ1) is 12.9. The molecule has 98 valence electrons. The highest BCUT2D eigenvalue weighted by Gasteiger charge is 2.01. The van der Waals surface area contributed by atoms with Crippen LogP contribution in [0.1, 0.15) is 11.1 Å². The van der Waals surface area contributed by atoms with Gasteiger partial charge in [0.25, 0.3) is 5.91 Å². The van der Waals surface area contributed by atoms with Crippen molar-refractivity contribution >= 4 is 12.1 Å². The van der Waals surface area contributed by atoms with E-state index in [0.29, 0.717) is 5.75 Å². The fourth-order valence-electron chi connectivity index (χ4n) is 1.41. The van der Waals surface area contributed by atoms with Gasteiger partial charge in [-0.15, -0.1) is 0 Å². The number of nitrogens with zero attached hydrogens (tertiary/aromatic N) is 1. The third-order valence-electron chi connectivity index (χ3n) is 2.31. The second-order valence-corrected chi connectivity index (χ2v) is 3.96. The van der Waals surface area contributed by atoms with Gasteiger partial charge in [-0.1, -0.05) is 12.1 Å². The third kappa shape index (κ3) is 4.31. The van der Waals surface area contributed by atoms with Crippen molar-refractivity contribution in [1.29, 1.82) is 0 Å². The predicted molar refractivity (Wildman–Crippen MR) is 71.1 cm³/mol. The quantitative estimate of drug-likeness (QED) is 0.660. The first-order chi connectivity index (χ1) is 9.24. The van der Waals surface area contributed by atoms with Gasteiger partial charge in [-0.25, -0.2) is 5.43 Å². The number of aryl methyl sites for hydroxylation is 1.